The molecule has 0 N–H and O–H groups in total. The van der Waals surface area contributed by atoms with Crippen molar-refractivity contribution < 1.29 is 9.13 Å². The van der Waals surface area contributed by atoms with Crippen LogP contribution in [0.25, 0.3) is 10.9 Å². The Bertz CT molecular complexity index is 935. The molecular formula is C21H23FN2O2. The van der Waals surface area contributed by atoms with Gasteiger partial charge in [0.05, 0.1) is 12.1 Å². The van der Waals surface area contributed by atoms with Gasteiger partial charge < -0.3 is 14.2 Å². The molecule has 0 aliphatic heterocycles. The van der Waals surface area contributed by atoms with Gasteiger partial charge in [-0.2, -0.15) is 0 Å². The number of halogens is 1. The molecule has 0 amide bonds. The number of rotatable bonds is 7. The van der Waals surface area contributed by atoms with E-state index in [-0.39, 0.29) is 11.4 Å². The van der Waals surface area contributed by atoms with E-state index in [9.17, 15) is 9.18 Å². The third kappa shape index (κ3) is 4.29. The number of para-hydroxylation sites is 1. The van der Waals surface area contributed by atoms with Gasteiger partial charge in [-0.1, -0.05) is 18.2 Å². The summed E-state index contributed by atoms with van der Waals surface area (Å²) in [6.07, 6.45) is 0.821. The fourth-order valence-corrected chi connectivity index (χ4v) is 3.03. The van der Waals surface area contributed by atoms with Gasteiger partial charge in [-0.25, -0.2) is 4.39 Å². The zero-order chi connectivity index (χ0) is 18.5. The monoisotopic (exact) mass is 354 g/mol. The van der Waals surface area contributed by atoms with E-state index < -0.39 is 0 Å². The molecule has 0 unspecified atom stereocenters. The molecule has 0 aliphatic rings. The standard InChI is InChI=1S/C21H23FN2O2/c1-23(12-5-13-26-19-10-8-18(22)9-11-19)15-17-14-16-6-3-4-7-20(16)24(2)21(17)25/h3-4,6-11,14H,5,12-13,15H2,1-2H3. The predicted molar refractivity (Wildman–Crippen MR) is 102 cm³/mol. The van der Waals surface area contributed by atoms with Crippen molar-refractivity contribution in [2.75, 3.05) is 20.2 Å². The maximum atomic E-state index is 12.9. The summed E-state index contributed by atoms with van der Waals surface area (Å²) in [7, 11) is 3.80. The highest BCUT2D eigenvalue weighted by Crippen LogP contribution is 2.14. The minimum atomic E-state index is -0.269. The van der Waals surface area contributed by atoms with Crippen LogP contribution in [0.1, 0.15) is 12.0 Å². The van der Waals surface area contributed by atoms with Crippen LogP contribution in [-0.4, -0.2) is 29.7 Å². The lowest BCUT2D eigenvalue weighted by Crippen LogP contribution is -2.28. The first kappa shape index (κ1) is 18.1. The average molecular weight is 354 g/mol. The first-order chi connectivity index (χ1) is 12.5. The fourth-order valence-electron chi connectivity index (χ4n) is 3.03. The molecule has 4 nitrogen and oxygen atoms in total. The zero-order valence-corrected chi connectivity index (χ0v) is 15.1. The van der Waals surface area contributed by atoms with E-state index in [1.165, 1.54) is 12.1 Å². The SMILES string of the molecule is CN(CCCOc1ccc(F)cc1)Cc1cc2ccccc2n(C)c1=O. The highest BCUT2D eigenvalue weighted by atomic mass is 19.1. The maximum Gasteiger partial charge on any atom is 0.255 e. The number of pyridine rings is 1. The minimum Gasteiger partial charge on any atom is -0.494 e. The molecule has 1 heterocycles. The van der Waals surface area contributed by atoms with E-state index in [0.29, 0.717) is 18.9 Å². The molecule has 5 heteroatoms. The van der Waals surface area contributed by atoms with Gasteiger partial charge in [0.1, 0.15) is 11.6 Å². The predicted octanol–water partition coefficient (Wildman–Crippen LogP) is 3.58. The summed E-state index contributed by atoms with van der Waals surface area (Å²) in [5, 5.41) is 1.07. The van der Waals surface area contributed by atoms with Crippen molar-refractivity contribution in [1.29, 1.82) is 0 Å². The van der Waals surface area contributed by atoms with Crippen LogP contribution < -0.4 is 10.3 Å². The van der Waals surface area contributed by atoms with Gasteiger partial charge in [-0.05, 0) is 55.3 Å². The zero-order valence-electron chi connectivity index (χ0n) is 15.1. The first-order valence-corrected chi connectivity index (χ1v) is 8.69. The normalized spacial score (nSPS) is 11.2. The van der Waals surface area contributed by atoms with Gasteiger partial charge in [0.25, 0.3) is 5.56 Å². The van der Waals surface area contributed by atoms with Crippen molar-refractivity contribution in [2.24, 2.45) is 7.05 Å². The van der Waals surface area contributed by atoms with E-state index >= 15 is 0 Å². The molecule has 2 aromatic carbocycles. The lowest BCUT2D eigenvalue weighted by molar-refractivity contribution is 0.258. The van der Waals surface area contributed by atoms with Crippen molar-refractivity contribution in [3.8, 4) is 5.75 Å². The molecule has 3 rings (SSSR count). The lowest BCUT2D eigenvalue weighted by Gasteiger charge is -2.17. The second kappa shape index (κ2) is 8.15. The number of aromatic nitrogens is 1. The summed E-state index contributed by atoms with van der Waals surface area (Å²) in [5.74, 6) is 0.395. The van der Waals surface area contributed by atoms with Gasteiger partial charge in [0, 0.05) is 25.7 Å². The van der Waals surface area contributed by atoms with Crippen molar-refractivity contribution in [3.05, 3.63) is 76.3 Å². The Kier molecular flexibility index (Phi) is 5.68. The topological polar surface area (TPSA) is 34.5 Å². The van der Waals surface area contributed by atoms with Crippen LogP contribution in [-0.2, 0) is 13.6 Å². The Balaban J connectivity index is 1.55. The summed E-state index contributed by atoms with van der Waals surface area (Å²) in [6.45, 7) is 1.94. The molecular weight excluding hydrogens is 331 g/mol. The highest BCUT2D eigenvalue weighted by molar-refractivity contribution is 5.79. The number of nitrogens with zero attached hydrogens (tertiary/aromatic N) is 2. The van der Waals surface area contributed by atoms with Gasteiger partial charge in [-0.3, -0.25) is 4.79 Å². The molecule has 1 aromatic heterocycles. The molecule has 3 aromatic rings. The molecule has 0 saturated heterocycles. The summed E-state index contributed by atoms with van der Waals surface area (Å²) in [5.41, 5.74) is 1.77. The number of fused-ring (bicyclic) bond motifs is 1. The van der Waals surface area contributed by atoms with Crippen molar-refractivity contribution in [2.45, 2.75) is 13.0 Å². The van der Waals surface area contributed by atoms with E-state index in [1.54, 1.807) is 16.7 Å². The van der Waals surface area contributed by atoms with Crippen LogP contribution >= 0.6 is 0 Å². The minimum absolute atomic E-state index is 0.0399. The van der Waals surface area contributed by atoms with Crippen LogP contribution in [0.4, 0.5) is 4.39 Å². The van der Waals surface area contributed by atoms with Crippen LogP contribution in [0.5, 0.6) is 5.75 Å². The second-order valence-electron chi connectivity index (χ2n) is 6.49. The third-order valence-corrected chi connectivity index (χ3v) is 4.41. The smallest absolute Gasteiger partial charge is 0.255 e. The van der Waals surface area contributed by atoms with Crippen molar-refractivity contribution >= 4 is 10.9 Å². The average Bonchev–Trinajstić information content (AvgIpc) is 2.64. The molecule has 0 bridgehead atoms. The van der Waals surface area contributed by atoms with Gasteiger partial charge in [0.2, 0.25) is 0 Å². The molecule has 0 spiro atoms. The molecule has 0 atom stereocenters. The number of hydrogen-bond acceptors (Lipinski definition) is 3. The van der Waals surface area contributed by atoms with Crippen molar-refractivity contribution in [3.63, 3.8) is 0 Å². The van der Waals surface area contributed by atoms with Gasteiger partial charge >= 0.3 is 0 Å². The Hall–Kier alpha value is -2.66. The quantitative estimate of drug-likeness (QED) is 0.608. The Morgan fingerprint density at radius 1 is 1.12 bits per heavy atom. The Morgan fingerprint density at radius 3 is 2.62 bits per heavy atom. The summed E-state index contributed by atoms with van der Waals surface area (Å²) in [4.78, 5) is 14.7. The summed E-state index contributed by atoms with van der Waals surface area (Å²) in [6, 6.07) is 15.9. The van der Waals surface area contributed by atoms with Gasteiger partial charge in [0.15, 0.2) is 0 Å². The number of ether oxygens (including phenoxy) is 1. The Labute approximate surface area is 152 Å². The molecule has 0 aliphatic carbocycles. The summed E-state index contributed by atoms with van der Waals surface area (Å²) >= 11 is 0. The second-order valence-corrected chi connectivity index (χ2v) is 6.49. The van der Waals surface area contributed by atoms with Crippen LogP contribution in [0, 0.1) is 5.82 Å². The molecule has 0 fully saturated rings. The first-order valence-electron chi connectivity index (χ1n) is 8.69. The fraction of sp³-hybridized carbons (Fsp3) is 0.286. The van der Waals surface area contributed by atoms with E-state index in [1.807, 2.05) is 44.4 Å². The van der Waals surface area contributed by atoms with Gasteiger partial charge in [-0.15, -0.1) is 0 Å². The molecule has 0 saturated carbocycles. The maximum absolute atomic E-state index is 12.9. The number of aryl methyl sites for hydroxylation is 1. The highest BCUT2D eigenvalue weighted by Gasteiger charge is 2.09. The molecule has 0 radical (unpaired) electrons. The molecule has 136 valence electrons. The van der Waals surface area contributed by atoms with Crippen LogP contribution in [0.15, 0.2) is 59.4 Å². The molecule has 26 heavy (non-hydrogen) atoms. The third-order valence-electron chi connectivity index (χ3n) is 4.41. The number of benzene rings is 2. The lowest BCUT2D eigenvalue weighted by atomic mass is 10.1. The van der Waals surface area contributed by atoms with E-state index in [4.69, 9.17) is 4.74 Å². The van der Waals surface area contributed by atoms with E-state index in [2.05, 4.69) is 4.90 Å². The van der Waals surface area contributed by atoms with E-state index in [0.717, 1.165) is 29.4 Å². The van der Waals surface area contributed by atoms with Crippen LogP contribution in [0.3, 0.4) is 0 Å². The Morgan fingerprint density at radius 2 is 1.85 bits per heavy atom. The largest absolute Gasteiger partial charge is 0.494 e. The number of hydrogen-bond donors (Lipinski definition) is 0. The van der Waals surface area contributed by atoms with Crippen LogP contribution in [0.2, 0.25) is 0 Å². The van der Waals surface area contributed by atoms with Crippen molar-refractivity contribution in [1.82, 2.24) is 9.47 Å². The summed E-state index contributed by atoms with van der Waals surface area (Å²) < 4.78 is 20.2.